The second-order valence-electron chi connectivity index (χ2n) is 12.4. The van der Waals surface area contributed by atoms with Crippen LogP contribution in [0.3, 0.4) is 0 Å². The number of aromatic nitrogens is 4. The summed E-state index contributed by atoms with van der Waals surface area (Å²) in [5.41, 5.74) is 4.50. The van der Waals surface area contributed by atoms with Crippen LogP contribution in [0.15, 0.2) is 18.5 Å². The number of fused-ring (bicyclic) bond motifs is 8. The van der Waals surface area contributed by atoms with Gasteiger partial charge in [0, 0.05) is 29.0 Å². The van der Waals surface area contributed by atoms with Gasteiger partial charge in [0.15, 0.2) is 11.5 Å². The van der Waals surface area contributed by atoms with Crippen LogP contribution in [0.4, 0.5) is 0 Å². The van der Waals surface area contributed by atoms with Gasteiger partial charge in [-0.15, -0.1) is 0 Å². The first kappa shape index (κ1) is 24.7. The fraction of sp³-hybridized carbons (Fsp3) is 0.600. The predicted molar refractivity (Wildman–Crippen MR) is 145 cm³/mol. The summed E-state index contributed by atoms with van der Waals surface area (Å²) in [4.78, 5) is 21.9. The molecule has 2 saturated carbocycles. The Morgan fingerprint density at radius 1 is 1.00 bits per heavy atom. The number of methoxy groups -OCH3 is 3. The van der Waals surface area contributed by atoms with Gasteiger partial charge in [0.1, 0.15) is 6.33 Å². The molecule has 1 aliphatic heterocycles. The van der Waals surface area contributed by atoms with E-state index in [1.165, 1.54) is 17.7 Å². The summed E-state index contributed by atoms with van der Waals surface area (Å²) in [6, 6.07) is 4.30. The second-order valence-corrected chi connectivity index (χ2v) is 12.4. The zero-order chi connectivity index (χ0) is 27.1. The number of rotatable bonds is 4. The molecule has 4 aliphatic rings. The molecule has 1 aromatic carbocycles. The normalized spacial score (nSPS) is 33.0. The van der Waals surface area contributed by atoms with E-state index in [1.807, 2.05) is 16.6 Å². The van der Waals surface area contributed by atoms with E-state index in [0.717, 1.165) is 43.4 Å². The molecule has 3 aromatic rings. The third-order valence-corrected chi connectivity index (χ3v) is 10.9. The summed E-state index contributed by atoms with van der Waals surface area (Å²) in [7, 11) is 4.90. The van der Waals surface area contributed by atoms with Crippen molar-refractivity contribution in [2.24, 2.45) is 23.2 Å². The molecule has 7 rings (SSSR count). The van der Waals surface area contributed by atoms with Crippen molar-refractivity contribution in [2.75, 3.05) is 21.3 Å². The molecule has 3 unspecified atom stereocenters. The Morgan fingerprint density at radius 2 is 1.77 bits per heavy atom. The van der Waals surface area contributed by atoms with Gasteiger partial charge in [-0.05, 0) is 73.8 Å². The van der Waals surface area contributed by atoms with Crippen LogP contribution in [0.2, 0.25) is 0 Å². The third-order valence-electron chi connectivity index (χ3n) is 10.9. The van der Waals surface area contributed by atoms with E-state index in [0.29, 0.717) is 53.2 Å². The van der Waals surface area contributed by atoms with Crippen LogP contribution in [-0.4, -0.2) is 52.9 Å². The Bertz CT molecular complexity index is 1460. The average molecular weight is 532 g/mol. The minimum atomic E-state index is -0.0271. The summed E-state index contributed by atoms with van der Waals surface area (Å²) >= 11 is 0. The van der Waals surface area contributed by atoms with Crippen molar-refractivity contribution in [3.05, 3.63) is 29.7 Å². The summed E-state index contributed by atoms with van der Waals surface area (Å²) < 4.78 is 18.9. The van der Waals surface area contributed by atoms with Crippen LogP contribution in [0.25, 0.3) is 17.0 Å². The molecule has 0 spiro atoms. The number of carbonyl (C=O) groups excluding carboxylic acids is 1. The molecule has 9 nitrogen and oxygen atoms in total. The molecular formula is C30H37N5O4. The summed E-state index contributed by atoms with van der Waals surface area (Å²) in [6.07, 6.45) is 8.64. The first-order chi connectivity index (χ1) is 18.8. The molecule has 0 radical (unpaired) electrons. The first-order valence-corrected chi connectivity index (χ1v) is 14.1. The smallest absolute Gasteiger partial charge is 0.252 e. The van der Waals surface area contributed by atoms with Crippen molar-refractivity contribution in [2.45, 2.75) is 70.3 Å². The maximum atomic E-state index is 12.2. The van der Waals surface area contributed by atoms with Gasteiger partial charge >= 0.3 is 0 Å². The molecule has 39 heavy (non-hydrogen) atoms. The largest absolute Gasteiger partial charge is 0.493 e. The van der Waals surface area contributed by atoms with E-state index >= 15 is 0 Å². The van der Waals surface area contributed by atoms with Crippen LogP contribution in [-0.2, 0) is 16.6 Å². The van der Waals surface area contributed by atoms with Gasteiger partial charge in [0.05, 0.1) is 32.7 Å². The van der Waals surface area contributed by atoms with Crippen LogP contribution >= 0.6 is 0 Å². The number of ether oxygens (including phenoxy) is 3. The number of hydrogen-bond donors (Lipinski definition) is 1. The lowest BCUT2D eigenvalue weighted by molar-refractivity contribution is -0.134. The Morgan fingerprint density at radius 3 is 2.49 bits per heavy atom. The molecule has 3 heterocycles. The zero-order valence-electron chi connectivity index (χ0n) is 23.4. The quantitative estimate of drug-likeness (QED) is 0.534. The molecule has 206 valence electrons. The molecule has 1 amide bonds. The number of piperidine rings is 1. The topological polar surface area (TPSA) is 99.9 Å². The van der Waals surface area contributed by atoms with Crippen molar-refractivity contribution < 1.29 is 19.0 Å². The number of nitrogens with zero attached hydrogens (tertiary/aromatic N) is 4. The van der Waals surface area contributed by atoms with Gasteiger partial charge in [-0.2, -0.15) is 14.6 Å². The van der Waals surface area contributed by atoms with Gasteiger partial charge in [0.2, 0.25) is 11.7 Å². The van der Waals surface area contributed by atoms with Crippen molar-refractivity contribution in [1.29, 1.82) is 0 Å². The monoisotopic (exact) mass is 531 g/mol. The van der Waals surface area contributed by atoms with Gasteiger partial charge in [-0.25, -0.2) is 4.98 Å². The molecule has 0 bridgehead atoms. The van der Waals surface area contributed by atoms with E-state index in [-0.39, 0.29) is 16.7 Å². The zero-order valence-corrected chi connectivity index (χ0v) is 23.4. The molecule has 1 saturated heterocycles. The SMILES string of the molecule is COc1cc(-c2c3c(nc4ncnn24)[C@@]2(C)CCC4C(CC[C@H]5NC(=O)CC[C@]45C)C2C3)cc(OC)c1OC. The molecule has 1 N–H and O–H groups in total. The van der Waals surface area contributed by atoms with Crippen molar-refractivity contribution in [1.82, 2.24) is 24.9 Å². The predicted octanol–water partition coefficient (Wildman–Crippen LogP) is 4.35. The van der Waals surface area contributed by atoms with Crippen LogP contribution in [0, 0.1) is 23.2 Å². The number of nitrogens with one attached hydrogen (secondary N) is 1. The highest BCUT2D eigenvalue weighted by Gasteiger charge is 2.60. The third kappa shape index (κ3) is 3.31. The summed E-state index contributed by atoms with van der Waals surface area (Å²) in [5, 5.41) is 7.96. The molecule has 6 atom stereocenters. The average Bonchev–Trinajstić information content (AvgIpc) is 3.53. The lowest BCUT2D eigenvalue weighted by Crippen LogP contribution is -2.61. The highest BCUT2D eigenvalue weighted by molar-refractivity contribution is 5.77. The Labute approximate surface area is 228 Å². The molecular weight excluding hydrogens is 494 g/mol. The standard InChI is InChI=1S/C30H37N5O4/c1-29-11-9-24(36)33-23(29)7-6-17-19(29)8-10-30(2)20(17)14-18-25(35-28(31-15-32-35)34-27(18)30)16-12-21(37-3)26(39-5)22(13-16)38-4/h12-13,15,17,19-20,23H,6-11,14H2,1-5H3,(H,33,36)/t17?,19?,20?,23-,29-,30+/m1/s1. The number of hydrogen-bond acceptors (Lipinski definition) is 7. The number of amides is 1. The van der Waals surface area contributed by atoms with Crippen LogP contribution in [0.1, 0.15) is 63.6 Å². The maximum absolute atomic E-state index is 12.2. The lowest BCUT2D eigenvalue weighted by Gasteiger charge is -2.59. The van der Waals surface area contributed by atoms with E-state index in [9.17, 15) is 4.79 Å². The van der Waals surface area contributed by atoms with E-state index < -0.39 is 0 Å². The minimum Gasteiger partial charge on any atom is -0.493 e. The Kier molecular flexibility index (Phi) is 5.42. The van der Waals surface area contributed by atoms with E-state index in [1.54, 1.807) is 27.7 Å². The first-order valence-electron chi connectivity index (χ1n) is 14.1. The molecule has 3 fully saturated rings. The van der Waals surface area contributed by atoms with Crippen molar-refractivity contribution in [3.63, 3.8) is 0 Å². The molecule has 2 aromatic heterocycles. The van der Waals surface area contributed by atoms with Gasteiger partial charge in [0.25, 0.3) is 5.78 Å². The lowest BCUT2D eigenvalue weighted by atomic mass is 9.47. The Hall–Kier alpha value is -3.36. The van der Waals surface area contributed by atoms with Crippen molar-refractivity contribution in [3.8, 4) is 28.5 Å². The number of carbonyl (C=O) groups is 1. The van der Waals surface area contributed by atoms with E-state index in [2.05, 4.69) is 29.2 Å². The summed E-state index contributed by atoms with van der Waals surface area (Å²) in [6.45, 7) is 4.87. The van der Waals surface area contributed by atoms with Gasteiger partial charge in [-0.3, -0.25) is 4.79 Å². The molecule has 3 aliphatic carbocycles. The van der Waals surface area contributed by atoms with Crippen molar-refractivity contribution >= 4 is 11.7 Å². The highest BCUT2D eigenvalue weighted by atomic mass is 16.5. The second kappa shape index (κ2) is 8.57. The highest BCUT2D eigenvalue weighted by Crippen LogP contribution is 2.63. The summed E-state index contributed by atoms with van der Waals surface area (Å²) in [5.74, 6) is 4.32. The van der Waals surface area contributed by atoms with Crippen LogP contribution < -0.4 is 19.5 Å². The van der Waals surface area contributed by atoms with Crippen LogP contribution in [0.5, 0.6) is 17.2 Å². The Balaban J connectivity index is 1.36. The van der Waals surface area contributed by atoms with Gasteiger partial charge < -0.3 is 19.5 Å². The fourth-order valence-corrected chi connectivity index (χ4v) is 8.97. The van der Waals surface area contributed by atoms with Gasteiger partial charge in [-0.1, -0.05) is 13.8 Å². The fourth-order valence-electron chi connectivity index (χ4n) is 8.97. The maximum Gasteiger partial charge on any atom is 0.252 e. The minimum absolute atomic E-state index is 0.0271. The van der Waals surface area contributed by atoms with E-state index in [4.69, 9.17) is 19.2 Å². The number of benzene rings is 1. The molecule has 9 heteroatoms.